The number of amides is 1. The number of hydrogen-bond donors (Lipinski definition) is 1. The Hall–Kier alpha value is -0.570. The first-order valence-corrected chi connectivity index (χ1v) is 8.44. The SMILES string of the molecule is CCC(CC)N(CC(C)C)C(=O)C1CC(C)CC(N)C1. The molecule has 1 saturated carbocycles. The lowest BCUT2D eigenvalue weighted by molar-refractivity contribution is -0.140. The van der Waals surface area contributed by atoms with Gasteiger partial charge in [-0.1, -0.05) is 34.6 Å². The van der Waals surface area contributed by atoms with Crippen molar-refractivity contribution in [3.8, 4) is 0 Å². The fourth-order valence-electron chi connectivity index (χ4n) is 3.63. The van der Waals surface area contributed by atoms with E-state index in [2.05, 4.69) is 39.5 Å². The number of carbonyl (C=O) groups is 1. The van der Waals surface area contributed by atoms with E-state index < -0.39 is 0 Å². The summed E-state index contributed by atoms with van der Waals surface area (Å²) in [6.07, 6.45) is 5.05. The summed E-state index contributed by atoms with van der Waals surface area (Å²) in [5, 5.41) is 0. The minimum absolute atomic E-state index is 0.146. The summed E-state index contributed by atoms with van der Waals surface area (Å²) in [6, 6.07) is 0.591. The van der Waals surface area contributed by atoms with Crippen molar-refractivity contribution in [1.82, 2.24) is 4.90 Å². The minimum atomic E-state index is 0.146. The molecule has 1 fully saturated rings. The second kappa shape index (κ2) is 8.02. The minimum Gasteiger partial charge on any atom is -0.339 e. The highest BCUT2D eigenvalue weighted by Crippen LogP contribution is 2.30. The van der Waals surface area contributed by atoms with Crippen LogP contribution in [0.3, 0.4) is 0 Å². The third-order valence-corrected chi connectivity index (χ3v) is 4.56. The van der Waals surface area contributed by atoms with E-state index in [1.54, 1.807) is 0 Å². The topological polar surface area (TPSA) is 46.3 Å². The third kappa shape index (κ3) is 4.76. The van der Waals surface area contributed by atoms with Crippen LogP contribution in [0.5, 0.6) is 0 Å². The zero-order valence-electron chi connectivity index (χ0n) is 14.1. The average Bonchev–Trinajstić information content (AvgIpc) is 2.36. The largest absolute Gasteiger partial charge is 0.339 e. The summed E-state index contributed by atoms with van der Waals surface area (Å²) in [4.78, 5) is 15.1. The lowest BCUT2D eigenvalue weighted by atomic mass is 9.79. The predicted molar refractivity (Wildman–Crippen MR) is 85.4 cm³/mol. The molecule has 1 rings (SSSR count). The van der Waals surface area contributed by atoms with Crippen LogP contribution >= 0.6 is 0 Å². The summed E-state index contributed by atoms with van der Waals surface area (Å²) in [7, 11) is 0. The maximum atomic E-state index is 13.0. The van der Waals surface area contributed by atoms with Crippen LogP contribution in [-0.4, -0.2) is 29.4 Å². The molecule has 1 aliphatic rings. The van der Waals surface area contributed by atoms with Crippen molar-refractivity contribution in [2.24, 2.45) is 23.5 Å². The smallest absolute Gasteiger partial charge is 0.226 e. The van der Waals surface area contributed by atoms with E-state index in [1.165, 1.54) is 0 Å². The zero-order valence-corrected chi connectivity index (χ0v) is 14.1. The molecule has 3 unspecified atom stereocenters. The van der Waals surface area contributed by atoms with E-state index in [-0.39, 0.29) is 12.0 Å². The Balaban J connectivity index is 2.80. The number of rotatable bonds is 6. The Kier molecular flexibility index (Phi) is 7.01. The molecule has 0 saturated heterocycles. The van der Waals surface area contributed by atoms with Gasteiger partial charge in [-0.05, 0) is 43.9 Å². The summed E-state index contributed by atoms with van der Waals surface area (Å²) >= 11 is 0. The molecule has 0 spiro atoms. The van der Waals surface area contributed by atoms with Gasteiger partial charge in [0, 0.05) is 24.5 Å². The van der Waals surface area contributed by atoms with Gasteiger partial charge in [-0.15, -0.1) is 0 Å². The lowest BCUT2D eigenvalue weighted by Crippen LogP contribution is -2.47. The molecule has 1 amide bonds. The molecule has 0 bridgehead atoms. The molecule has 0 aliphatic heterocycles. The van der Waals surface area contributed by atoms with Gasteiger partial charge in [0.1, 0.15) is 0 Å². The van der Waals surface area contributed by atoms with Gasteiger partial charge in [-0.3, -0.25) is 4.79 Å². The monoisotopic (exact) mass is 282 g/mol. The van der Waals surface area contributed by atoms with Gasteiger partial charge >= 0.3 is 0 Å². The van der Waals surface area contributed by atoms with Crippen molar-refractivity contribution >= 4 is 5.91 Å². The molecule has 2 N–H and O–H groups in total. The molecule has 118 valence electrons. The van der Waals surface area contributed by atoms with Gasteiger partial charge in [0.05, 0.1) is 0 Å². The maximum Gasteiger partial charge on any atom is 0.226 e. The van der Waals surface area contributed by atoms with Crippen LogP contribution in [0.25, 0.3) is 0 Å². The van der Waals surface area contributed by atoms with Gasteiger partial charge < -0.3 is 10.6 Å². The summed E-state index contributed by atoms with van der Waals surface area (Å²) < 4.78 is 0. The van der Waals surface area contributed by atoms with E-state index in [9.17, 15) is 4.79 Å². The van der Waals surface area contributed by atoms with E-state index in [0.29, 0.717) is 23.8 Å². The van der Waals surface area contributed by atoms with Crippen LogP contribution < -0.4 is 5.73 Å². The summed E-state index contributed by atoms with van der Waals surface area (Å²) in [5.41, 5.74) is 6.13. The summed E-state index contributed by atoms with van der Waals surface area (Å²) in [6.45, 7) is 11.9. The normalized spacial score (nSPS) is 27.1. The van der Waals surface area contributed by atoms with Crippen LogP contribution in [0.2, 0.25) is 0 Å². The molecular formula is C17H34N2O. The van der Waals surface area contributed by atoms with Crippen molar-refractivity contribution in [3.63, 3.8) is 0 Å². The first-order valence-electron chi connectivity index (χ1n) is 8.44. The second-order valence-corrected chi connectivity index (χ2v) is 7.12. The van der Waals surface area contributed by atoms with Gasteiger partial charge in [0.25, 0.3) is 0 Å². The molecule has 0 aromatic carbocycles. The van der Waals surface area contributed by atoms with Crippen LogP contribution in [0.15, 0.2) is 0 Å². The Morgan fingerprint density at radius 3 is 2.25 bits per heavy atom. The van der Waals surface area contributed by atoms with E-state index >= 15 is 0 Å². The summed E-state index contributed by atoms with van der Waals surface area (Å²) in [5.74, 6) is 1.60. The number of hydrogen-bond acceptors (Lipinski definition) is 2. The van der Waals surface area contributed by atoms with Gasteiger partial charge in [-0.2, -0.15) is 0 Å². The van der Waals surface area contributed by atoms with Gasteiger partial charge in [0.2, 0.25) is 5.91 Å². The van der Waals surface area contributed by atoms with E-state index in [4.69, 9.17) is 5.73 Å². The van der Waals surface area contributed by atoms with Crippen molar-refractivity contribution in [2.45, 2.75) is 78.8 Å². The number of nitrogens with zero attached hydrogens (tertiary/aromatic N) is 1. The quantitative estimate of drug-likeness (QED) is 0.811. The standard InChI is InChI=1S/C17H34N2O/c1-6-16(7-2)19(11-12(3)4)17(20)14-8-13(5)9-15(18)10-14/h12-16H,6-11,18H2,1-5H3. The molecule has 20 heavy (non-hydrogen) atoms. The highest BCUT2D eigenvalue weighted by atomic mass is 16.2. The average molecular weight is 282 g/mol. The van der Waals surface area contributed by atoms with Crippen LogP contribution in [0, 0.1) is 17.8 Å². The molecule has 3 atom stereocenters. The van der Waals surface area contributed by atoms with Crippen molar-refractivity contribution in [1.29, 1.82) is 0 Å². The predicted octanol–water partition coefficient (Wildman–Crippen LogP) is 3.42. The van der Waals surface area contributed by atoms with Gasteiger partial charge in [0.15, 0.2) is 0 Å². The van der Waals surface area contributed by atoms with Crippen molar-refractivity contribution < 1.29 is 4.79 Å². The fraction of sp³-hybridized carbons (Fsp3) is 0.941. The Labute approximate surface area is 125 Å². The zero-order chi connectivity index (χ0) is 15.3. The fourth-order valence-corrected chi connectivity index (χ4v) is 3.63. The molecule has 0 radical (unpaired) electrons. The van der Waals surface area contributed by atoms with Crippen LogP contribution in [-0.2, 0) is 4.79 Å². The molecular weight excluding hydrogens is 248 g/mol. The van der Waals surface area contributed by atoms with E-state index in [1.807, 2.05) is 0 Å². The molecule has 3 heteroatoms. The Morgan fingerprint density at radius 2 is 1.80 bits per heavy atom. The Bertz CT molecular complexity index is 289. The van der Waals surface area contributed by atoms with Crippen LogP contribution in [0.4, 0.5) is 0 Å². The molecule has 0 aromatic heterocycles. The number of carbonyl (C=O) groups excluding carboxylic acids is 1. The van der Waals surface area contributed by atoms with Crippen LogP contribution in [0.1, 0.15) is 66.7 Å². The highest BCUT2D eigenvalue weighted by Gasteiger charge is 2.34. The molecule has 0 heterocycles. The van der Waals surface area contributed by atoms with Crippen molar-refractivity contribution in [3.05, 3.63) is 0 Å². The van der Waals surface area contributed by atoms with Crippen molar-refractivity contribution in [2.75, 3.05) is 6.54 Å². The first-order chi connectivity index (χ1) is 9.38. The Morgan fingerprint density at radius 1 is 1.20 bits per heavy atom. The lowest BCUT2D eigenvalue weighted by Gasteiger charge is -2.38. The first kappa shape index (κ1) is 17.5. The second-order valence-electron chi connectivity index (χ2n) is 7.12. The van der Waals surface area contributed by atoms with Gasteiger partial charge in [-0.25, -0.2) is 0 Å². The molecule has 0 aromatic rings. The molecule has 1 aliphatic carbocycles. The number of nitrogens with two attached hydrogens (primary N) is 1. The highest BCUT2D eigenvalue weighted by molar-refractivity contribution is 5.79. The van der Waals surface area contributed by atoms with E-state index in [0.717, 1.165) is 38.6 Å². The molecule has 3 nitrogen and oxygen atoms in total. The maximum absolute atomic E-state index is 13.0. The third-order valence-electron chi connectivity index (χ3n) is 4.56.